The molecule has 0 saturated carbocycles. The molecular formula is C18H35N. The number of unbranched alkanes of at least 4 members (excludes halogenated alkanes) is 1. The Labute approximate surface area is 122 Å². The summed E-state index contributed by atoms with van der Waals surface area (Å²) >= 11 is 0. The fraction of sp³-hybridized carbons (Fsp3) is 0.667. The van der Waals surface area contributed by atoms with E-state index < -0.39 is 0 Å². The monoisotopic (exact) mass is 265 g/mol. The number of nitrogens with zero attached hydrogens (tertiary/aromatic N) is 1. The predicted octanol–water partition coefficient (Wildman–Crippen LogP) is 5.60. The van der Waals surface area contributed by atoms with Gasteiger partial charge in [0.1, 0.15) is 0 Å². The molecule has 0 N–H and O–H groups in total. The van der Waals surface area contributed by atoms with E-state index in [9.17, 15) is 0 Å². The highest BCUT2D eigenvalue weighted by molar-refractivity contribution is 5.26. The summed E-state index contributed by atoms with van der Waals surface area (Å²) in [7, 11) is 0. The van der Waals surface area contributed by atoms with Gasteiger partial charge in [0.25, 0.3) is 0 Å². The number of hydrogen-bond acceptors (Lipinski definition) is 1. The molecule has 0 atom stereocenters. The van der Waals surface area contributed by atoms with Gasteiger partial charge in [-0.2, -0.15) is 0 Å². The van der Waals surface area contributed by atoms with Gasteiger partial charge in [0, 0.05) is 6.54 Å². The molecular weight excluding hydrogens is 230 g/mol. The molecule has 0 unspecified atom stereocenters. The van der Waals surface area contributed by atoms with E-state index in [1.165, 1.54) is 25.0 Å². The molecule has 0 aromatic carbocycles. The van der Waals surface area contributed by atoms with Crippen LogP contribution in [0.15, 0.2) is 36.0 Å². The van der Waals surface area contributed by atoms with Crippen molar-refractivity contribution in [2.45, 2.75) is 60.8 Å². The summed E-state index contributed by atoms with van der Waals surface area (Å²) in [5.74, 6) is 0. The zero-order valence-electron chi connectivity index (χ0n) is 14.1. The van der Waals surface area contributed by atoms with Crippen LogP contribution >= 0.6 is 0 Å². The normalized spacial score (nSPS) is 12.2. The maximum Gasteiger partial charge on any atom is 0.0198 e. The number of rotatable bonds is 9. The van der Waals surface area contributed by atoms with Crippen LogP contribution < -0.4 is 0 Å². The number of likely N-dealkylation sites (N-methyl/N-ethyl adjacent to an activating group) is 1. The van der Waals surface area contributed by atoms with Gasteiger partial charge in [0.15, 0.2) is 0 Å². The van der Waals surface area contributed by atoms with Crippen molar-refractivity contribution in [2.24, 2.45) is 0 Å². The molecule has 0 aliphatic rings. The standard InChI is InChI=1S/C16H29N.C2H6/c1-6-10-12-15(5)16(8-3)14-17(9-4)13-11-7-2;1-2/h6,10,12H,1,7-9,11,13-14H2,2-5H3;1-2H3/b12-10-,16-15+;. The molecule has 0 aliphatic carbocycles. The zero-order valence-corrected chi connectivity index (χ0v) is 14.1. The topological polar surface area (TPSA) is 3.24 Å². The van der Waals surface area contributed by atoms with Crippen molar-refractivity contribution in [3.05, 3.63) is 36.0 Å². The Kier molecular flexibility index (Phi) is 16.4. The van der Waals surface area contributed by atoms with Gasteiger partial charge in [-0.3, -0.25) is 4.90 Å². The minimum absolute atomic E-state index is 1.11. The van der Waals surface area contributed by atoms with Gasteiger partial charge in [0.2, 0.25) is 0 Å². The van der Waals surface area contributed by atoms with E-state index in [-0.39, 0.29) is 0 Å². The second kappa shape index (κ2) is 15.2. The summed E-state index contributed by atoms with van der Waals surface area (Å²) in [4.78, 5) is 2.54. The largest absolute Gasteiger partial charge is 0.300 e. The first-order valence-electron chi connectivity index (χ1n) is 7.89. The third-order valence-corrected chi connectivity index (χ3v) is 3.16. The molecule has 0 saturated heterocycles. The van der Waals surface area contributed by atoms with Gasteiger partial charge in [-0.05, 0) is 32.9 Å². The van der Waals surface area contributed by atoms with Crippen LogP contribution in [-0.4, -0.2) is 24.5 Å². The van der Waals surface area contributed by atoms with Gasteiger partial charge >= 0.3 is 0 Å². The van der Waals surface area contributed by atoms with Crippen LogP contribution in [0.4, 0.5) is 0 Å². The summed E-state index contributed by atoms with van der Waals surface area (Å²) < 4.78 is 0. The minimum Gasteiger partial charge on any atom is -0.300 e. The van der Waals surface area contributed by atoms with Crippen LogP contribution in [0.3, 0.4) is 0 Å². The lowest BCUT2D eigenvalue weighted by atomic mass is 10.1. The van der Waals surface area contributed by atoms with Crippen LogP contribution in [0.25, 0.3) is 0 Å². The maximum absolute atomic E-state index is 3.72. The van der Waals surface area contributed by atoms with E-state index in [2.05, 4.69) is 45.2 Å². The van der Waals surface area contributed by atoms with Crippen molar-refractivity contribution in [3.8, 4) is 0 Å². The van der Waals surface area contributed by atoms with Crippen LogP contribution in [0.5, 0.6) is 0 Å². The fourth-order valence-corrected chi connectivity index (χ4v) is 1.85. The molecule has 0 rings (SSSR count). The van der Waals surface area contributed by atoms with E-state index in [0.717, 1.165) is 19.5 Å². The second-order valence-electron chi connectivity index (χ2n) is 4.46. The Morgan fingerprint density at radius 2 is 1.79 bits per heavy atom. The Balaban J connectivity index is 0. The lowest BCUT2D eigenvalue weighted by Crippen LogP contribution is -2.27. The van der Waals surface area contributed by atoms with E-state index in [4.69, 9.17) is 0 Å². The van der Waals surface area contributed by atoms with E-state index >= 15 is 0 Å². The van der Waals surface area contributed by atoms with Crippen LogP contribution in [0.2, 0.25) is 0 Å². The Morgan fingerprint density at radius 3 is 2.21 bits per heavy atom. The van der Waals surface area contributed by atoms with Crippen LogP contribution in [-0.2, 0) is 0 Å². The second-order valence-corrected chi connectivity index (χ2v) is 4.46. The molecule has 1 nitrogen and oxygen atoms in total. The quantitative estimate of drug-likeness (QED) is 0.490. The molecule has 0 aliphatic heterocycles. The summed E-state index contributed by atoms with van der Waals surface area (Å²) in [6.45, 7) is 20.1. The van der Waals surface area contributed by atoms with Crippen LogP contribution in [0, 0.1) is 0 Å². The molecule has 0 fully saturated rings. The van der Waals surface area contributed by atoms with E-state index in [0.29, 0.717) is 0 Å². The van der Waals surface area contributed by atoms with Crippen LogP contribution in [0.1, 0.15) is 60.8 Å². The molecule has 0 spiro atoms. The summed E-state index contributed by atoms with van der Waals surface area (Å²) in [6, 6.07) is 0. The van der Waals surface area contributed by atoms with Crippen molar-refractivity contribution >= 4 is 0 Å². The van der Waals surface area contributed by atoms with E-state index in [1.54, 1.807) is 5.57 Å². The highest BCUT2D eigenvalue weighted by Crippen LogP contribution is 2.12. The van der Waals surface area contributed by atoms with Crippen molar-refractivity contribution in [1.29, 1.82) is 0 Å². The smallest absolute Gasteiger partial charge is 0.0198 e. The van der Waals surface area contributed by atoms with Gasteiger partial charge in [-0.15, -0.1) is 0 Å². The third-order valence-electron chi connectivity index (χ3n) is 3.16. The molecule has 112 valence electrons. The van der Waals surface area contributed by atoms with Crippen molar-refractivity contribution in [2.75, 3.05) is 19.6 Å². The molecule has 0 amide bonds. The lowest BCUT2D eigenvalue weighted by molar-refractivity contribution is 0.304. The summed E-state index contributed by atoms with van der Waals surface area (Å²) in [5.41, 5.74) is 2.93. The van der Waals surface area contributed by atoms with Gasteiger partial charge in [0.05, 0.1) is 0 Å². The molecule has 0 bridgehead atoms. The van der Waals surface area contributed by atoms with Crippen molar-refractivity contribution in [1.82, 2.24) is 4.90 Å². The average molecular weight is 265 g/mol. The fourth-order valence-electron chi connectivity index (χ4n) is 1.85. The zero-order chi connectivity index (χ0) is 15.1. The molecule has 19 heavy (non-hydrogen) atoms. The Morgan fingerprint density at radius 1 is 1.16 bits per heavy atom. The summed E-state index contributed by atoms with van der Waals surface area (Å²) in [6.07, 6.45) is 9.73. The molecule has 0 radical (unpaired) electrons. The molecule has 1 heteroatoms. The first-order chi connectivity index (χ1) is 9.19. The average Bonchev–Trinajstić information content (AvgIpc) is 2.47. The van der Waals surface area contributed by atoms with Gasteiger partial charge in [-0.1, -0.05) is 77.0 Å². The summed E-state index contributed by atoms with van der Waals surface area (Å²) in [5, 5.41) is 0. The predicted molar refractivity (Wildman–Crippen MR) is 90.7 cm³/mol. The number of allylic oxidation sites excluding steroid dienone is 4. The Bertz CT molecular complexity index is 261. The third kappa shape index (κ3) is 10.8. The SMILES string of the molecule is C=C/C=C\C(C)=C(/CC)CN(CC)CCCC.CC. The maximum atomic E-state index is 3.72. The lowest BCUT2D eigenvalue weighted by Gasteiger charge is -2.22. The van der Waals surface area contributed by atoms with Crippen molar-refractivity contribution < 1.29 is 0 Å². The molecule has 0 heterocycles. The molecule has 0 aromatic rings. The highest BCUT2D eigenvalue weighted by atomic mass is 15.1. The highest BCUT2D eigenvalue weighted by Gasteiger charge is 2.05. The number of hydrogen-bond donors (Lipinski definition) is 0. The van der Waals surface area contributed by atoms with E-state index in [1.807, 2.05) is 26.0 Å². The minimum atomic E-state index is 1.11. The van der Waals surface area contributed by atoms with Gasteiger partial charge in [-0.25, -0.2) is 0 Å². The van der Waals surface area contributed by atoms with Gasteiger partial charge < -0.3 is 0 Å². The first-order valence-corrected chi connectivity index (χ1v) is 7.89. The molecule has 0 aromatic heterocycles. The van der Waals surface area contributed by atoms with Crippen molar-refractivity contribution in [3.63, 3.8) is 0 Å². The first kappa shape index (κ1) is 20.5. The Hall–Kier alpha value is -0.820.